The Morgan fingerprint density at radius 2 is 1.89 bits per heavy atom. The third kappa shape index (κ3) is 2.89. The lowest BCUT2D eigenvalue weighted by molar-refractivity contribution is 0.0753. The van der Waals surface area contributed by atoms with Crippen LogP contribution in [0.25, 0.3) is 0 Å². The van der Waals surface area contributed by atoms with Crippen LogP contribution in [0.4, 0.5) is 0 Å². The lowest BCUT2D eigenvalue weighted by Crippen LogP contribution is -2.46. The monoisotopic (exact) mass is 263 g/mol. The highest BCUT2D eigenvalue weighted by Gasteiger charge is 2.29. The number of benzene rings is 1. The molecule has 0 bridgehead atoms. The summed E-state index contributed by atoms with van der Waals surface area (Å²) >= 11 is 5.94. The molecular weight excluding hydrogens is 242 g/mol. The zero-order valence-electron chi connectivity index (χ0n) is 10.9. The van der Waals surface area contributed by atoms with Crippen LogP contribution in [0.3, 0.4) is 0 Å². The van der Waals surface area contributed by atoms with E-state index in [2.05, 4.69) is 17.0 Å². The van der Waals surface area contributed by atoms with Crippen molar-refractivity contribution in [2.75, 3.05) is 13.1 Å². The summed E-state index contributed by atoms with van der Waals surface area (Å²) in [5.74, 6) is 0.848. The zero-order valence-corrected chi connectivity index (χ0v) is 11.7. The summed E-state index contributed by atoms with van der Waals surface area (Å²) in [6.45, 7) is 2.65. The molecule has 1 nitrogen and oxygen atoms in total. The van der Waals surface area contributed by atoms with Crippen molar-refractivity contribution in [2.45, 2.75) is 44.6 Å². The van der Waals surface area contributed by atoms with Crippen LogP contribution in [-0.4, -0.2) is 24.0 Å². The number of hydrogen-bond acceptors (Lipinski definition) is 1. The SMILES string of the molecule is Clc1ccc(C[C@H]2CC[C@@H]3CCCCN3C2)cc1. The van der Waals surface area contributed by atoms with E-state index in [-0.39, 0.29) is 0 Å². The standard InChI is InChI=1S/C16H22ClN/c17-15-7-4-13(5-8-15)11-14-6-9-16-3-1-2-10-18(16)12-14/h4-5,7-8,14,16H,1-3,6,9-12H2/t14-,16+/m1/s1. The van der Waals surface area contributed by atoms with Crippen LogP contribution < -0.4 is 0 Å². The third-order valence-electron chi connectivity index (χ3n) is 4.59. The minimum absolute atomic E-state index is 0.846. The number of halogens is 1. The first-order valence-corrected chi connectivity index (χ1v) is 7.67. The summed E-state index contributed by atoms with van der Waals surface area (Å²) in [5, 5.41) is 0.846. The van der Waals surface area contributed by atoms with Crippen LogP contribution in [0.2, 0.25) is 5.02 Å². The molecule has 2 saturated heterocycles. The molecule has 2 aliphatic heterocycles. The van der Waals surface area contributed by atoms with Crippen LogP contribution in [0.15, 0.2) is 24.3 Å². The Bertz CT molecular complexity index is 387. The minimum atomic E-state index is 0.846. The van der Waals surface area contributed by atoms with E-state index in [9.17, 15) is 0 Å². The molecule has 0 N–H and O–H groups in total. The van der Waals surface area contributed by atoms with Crippen LogP contribution in [0, 0.1) is 5.92 Å². The van der Waals surface area contributed by atoms with Crippen molar-refractivity contribution < 1.29 is 0 Å². The van der Waals surface area contributed by atoms with Gasteiger partial charge in [0, 0.05) is 17.6 Å². The molecule has 98 valence electrons. The van der Waals surface area contributed by atoms with Gasteiger partial charge in [-0.05, 0) is 62.3 Å². The highest BCUT2D eigenvalue weighted by molar-refractivity contribution is 6.30. The van der Waals surface area contributed by atoms with Crippen molar-refractivity contribution in [3.05, 3.63) is 34.9 Å². The Hall–Kier alpha value is -0.530. The van der Waals surface area contributed by atoms with Gasteiger partial charge in [0.2, 0.25) is 0 Å². The average Bonchev–Trinajstić information content (AvgIpc) is 2.41. The van der Waals surface area contributed by atoms with Gasteiger partial charge in [-0.2, -0.15) is 0 Å². The van der Waals surface area contributed by atoms with Gasteiger partial charge in [-0.15, -0.1) is 0 Å². The molecule has 2 heteroatoms. The van der Waals surface area contributed by atoms with Crippen LogP contribution >= 0.6 is 11.6 Å². The lowest BCUT2D eigenvalue weighted by atomic mass is 9.84. The van der Waals surface area contributed by atoms with Crippen LogP contribution in [0.1, 0.15) is 37.7 Å². The highest BCUT2D eigenvalue weighted by atomic mass is 35.5. The summed E-state index contributed by atoms with van der Waals surface area (Å²) < 4.78 is 0. The summed E-state index contributed by atoms with van der Waals surface area (Å²) in [5.41, 5.74) is 1.44. The fourth-order valence-corrected chi connectivity index (χ4v) is 3.72. The predicted octanol–water partition coefficient (Wildman–Crippen LogP) is 4.15. The van der Waals surface area contributed by atoms with E-state index in [4.69, 9.17) is 11.6 Å². The first-order chi connectivity index (χ1) is 8.81. The van der Waals surface area contributed by atoms with Gasteiger partial charge in [-0.25, -0.2) is 0 Å². The van der Waals surface area contributed by atoms with E-state index in [1.54, 1.807) is 0 Å². The van der Waals surface area contributed by atoms with E-state index < -0.39 is 0 Å². The first kappa shape index (κ1) is 12.5. The van der Waals surface area contributed by atoms with Gasteiger partial charge >= 0.3 is 0 Å². The number of piperidine rings is 2. The number of rotatable bonds is 2. The van der Waals surface area contributed by atoms with Gasteiger partial charge in [0.1, 0.15) is 0 Å². The Morgan fingerprint density at radius 1 is 1.06 bits per heavy atom. The molecule has 2 heterocycles. The summed E-state index contributed by atoms with van der Waals surface area (Å²) in [6.07, 6.45) is 8.34. The Kier molecular flexibility index (Phi) is 3.91. The summed E-state index contributed by atoms with van der Waals surface area (Å²) in [7, 11) is 0. The normalized spacial score (nSPS) is 28.9. The van der Waals surface area contributed by atoms with Crippen molar-refractivity contribution in [3.8, 4) is 0 Å². The number of hydrogen-bond donors (Lipinski definition) is 0. The van der Waals surface area contributed by atoms with Crippen molar-refractivity contribution in [1.29, 1.82) is 0 Å². The van der Waals surface area contributed by atoms with Crippen molar-refractivity contribution >= 4 is 11.6 Å². The summed E-state index contributed by atoms with van der Waals surface area (Å²) in [6, 6.07) is 9.31. The van der Waals surface area contributed by atoms with Crippen molar-refractivity contribution in [3.63, 3.8) is 0 Å². The smallest absolute Gasteiger partial charge is 0.0406 e. The van der Waals surface area contributed by atoms with Crippen LogP contribution in [0.5, 0.6) is 0 Å². The molecule has 0 amide bonds. The summed E-state index contributed by atoms with van der Waals surface area (Å²) in [4.78, 5) is 2.74. The van der Waals surface area contributed by atoms with E-state index in [0.29, 0.717) is 0 Å². The number of nitrogens with zero attached hydrogens (tertiary/aromatic N) is 1. The maximum Gasteiger partial charge on any atom is 0.0406 e. The molecule has 0 aromatic heterocycles. The average molecular weight is 264 g/mol. The van der Waals surface area contributed by atoms with E-state index in [1.165, 1.54) is 57.2 Å². The predicted molar refractivity (Wildman–Crippen MR) is 77.1 cm³/mol. The molecule has 0 saturated carbocycles. The van der Waals surface area contributed by atoms with Gasteiger partial charge < -0.3 is 4.90 Å². The molecule has 1 aromatic carbocycles. The highest BCUT2D eigenvalue weighted by Crippen LogP contribution is 2.30. The second kappa shape index (κ2) is 5.63. The molecule has 18 heavy (non-hydrogen) atoms. The molecule has 1 aromatic rings. The van der Waals surface area contributed by atoms with E-state index >= 15 is 0 Å². The second-order valence-corrected chi connectivity index (χ2v) is 6.35. The lowest BCUT2D eigenvalue weighted by Gasteiger charge is -2.42. The second-order valence-electron chi connectivity index (χ2n) is 5.92. The van der Waals surface area contributed by atoms with Crippen LogP contribution in [-0.2, 0) is 6.42 Å². The molecule has 0 unspecified atom stereocenters. The van der Waals surface area contributed by atoms with E-state index in [1.807, 2.05) is 12.1 Å². The van der Waals surface area contributed by atoms with Crippen molar-refractivity contribution in [1.82, 2.24) is 4.90 Å². The van der Waals surface area contributed by atoms with Gasteiger partial charge in [0.15, 0.2) is 0 Å². The van der Waals surface area contributed by atoms with Gasteiger partial charge in [0.25, 0.3) is 0 Å². The van der Waals surface area contributed by atoms with Crippen molar-refractivity contribution in [2.24, 2.45) is 5.92 Å². The minimum Gasteiger partial charge on any atom is -0.300 e. The molecule has 0 aliphatic carbocycles. The molecule has 2 atom stereocenters. The molecule has 0 spiro atoms. The molecule has 0 radical (unpaired) electrons. The van der Waals surface area contributed by atoms with Gasteiger partial charge in [0.05, 0.1) is 0 Å². The first-order valence-electron chi connectivity index (χ1n) is 7.30. The topological polar surface area (TPSA) is 3.24 Å². The quantitative estimate of drug-likeness (QED) is 0.775. The van der Waals surface area contributed by atoms with Gasteiger partial charge in [-0.3, -0.25) is 0 Å². The Balaban J connectivity index is 1.59. The van der Waals surface area contributed by atoms with E-state index in [0.717, 1.165) is 17.0 Å². The zero-order chi connectivity index (χ0) is 12.4. The Morgan fingerprint density at radius 3 is 2.72 bits per heavy atom. The van der Waals surface area contributed by atoms with Gasteiger partial charge in [-0.1, -0.05) is 30.2 Å². The largest absolute Gasteiger partial charge is 0.300 e. The molecule has 2 fully saturated rings. The maximum absolute atomic E-state index is 5.94. The molecule has 3 rings (SSSR count). The maximum atomic E-state index is 5.94. The number of fused-ring (bicyclic) bond motifs is 1. The third-order valence-corrected chi connectivity index (χ3v) is 4.84. The fourth-order valence-electron chi connectivity index (χ4n) is 3.60. The Labute approximate surface area is 115 Å². The molecular formula is C16H22ClN. The molecule has 2 aliphatic rings. The fraction of sp³-hybridized carbons (Fsp3) is 0.625.